The van der Waals surface area contributed by atoms with Gasteiger partial charge >= 0.3 is 0 Å². The molecule has 0 aliphatic carbocycles. The maximum Gasteiger partial charge on any atom is 0.0897 e. The zero-order valence-corrected chi connectivity index (χ0v) is 9.42. The molecule has 15 heavy (non-hydrogen) atoms. The SMILES string of the molecule is Cc1ncc(CNCc2ccccn2)s1. The number of aryl methyl sites for hydroxylation is 1. The summed E-state index contributed by atoms with van der Waals surface area (Å²) >= 11 is 1.73. The van der Waals surface area contributed by atoms with Gasteiger partial charge in [0.15, 0.2) is 0 Å². The molecule has 0 amide bonds. The largest absolute Gasteiger partial charge is 0.306 e. The molecule has 2 aromatic heterocycles. The van der Waals surface area contributed by atoms with Crippen LogP contribution in [-0.2, 0) is 13.1 Å². The van der Waals surface area contributed by atoms with Crippen LogP contribution in [0.4, 0.5) is 0 Å². The first-order chi connectivity index (χ1) is 7.34. The van der Waals surface area contributed by atoms with E-state index < -0.39 is 0 Å². The average molecular weight is 219 g/mol. The van der Waals surface area contributed by atoms with Crippen LogP contribution in [0.5, 0.6) is 0 Å². The number of hydrogen-bond donors (Lipinski definition) is 1. The summed E-state index contributed by atoms with van der Waals surface area (Å²) in [5.74, 6) is 0. The minimum Gasteiger partial charge on any atom is -0.306 e. The number of rotatable bonds is 4. The molecule has 2 rings (SSSR count). The Morgan fingerprint density at radius 3 is 2.87 bits per heavy atom. The van der Waals surface area contributed by atoms with E-state index in [0.717, 1.165) is 23.8 Å². The second-order valence-corrected chi connectivity index (χ2v) is 4.59. The van der Waals surface area contributed by atoms with Crippen LogP contribution in [0.1, 0.15) is 15.6 Å². The molecule has 0 fully saturated rings. The molecule has 0 aromatic carbocycles. The third-order valence-electron chi connectivity index (χ3n) is 2.00. The number of nitrogens with one attached hydrogen (secondary N) is 1. The van der Waals surface area contributed by atoms with Crippen LogP contribution in [0.3, 0.4) is 0 Å². The number of nitrogens with zero attached hydrogens (tertiary/aromatic N) is 2. The van der Waals surface area contributed by atoms with Gasteiger partial charge in [-0.3, -0.25) is 4.98 Å². The molecule has 2 heterocycles. The van der Waals surface area contributed by atoms with Crippen molar-refractivity contribution in [1.82, 2.24) is 15.3 Å². The molecule has 0 spiro atoms. The van der Waals surface area contributed by atoms with Gasteiger partial charge in [0.05, 0.1) is 10.7 Å². The highest BCUT2D eigenvalue weighted by Gasteiger charge is 1.97. The summed E-state index contributed by atoms with van der Waals surface area (Å²) in [6, 6.07) is 5.95. The Labute approximate surface area is 93.2 Å². The Kier molecular flexibility index (Phi) is 3.42. The first-order valence-corrected chi connectivity index (χ1v) is 5.68. The van der Waals surface area contributed by atoms with E-state index in [0.29, 0.717) is 0 Å². The van der Waals surface area contributed by atoms with Gasteiger partial charge in [0.25, 0.3) is 0 Å². The summed E-state index contributed by atoms with van der Waals surface area (Å²) < 4.78 is 0. The Bertz CT molecular complexity index is 411. The van der Waals surface area contributed by atoms with Crippen LogP contribution < -0.4 is 5.32 Å². The van der Waals surface area contributed by atoms with Crippen LogP contribution in [0.25, 0.3) is 0 Å². The van der Waals surface area contributed by atoms with Crippen molar-refractivity contribution in [3.8, 4) is 0 Å². The lowest BCUT2D eigenvalue weighted by Crippen LogP contribution is -2.12. The van der Waals surface area contributed by atoms with Crippen LogP contribution >= 0.6 is 11.3 Å². The zero-order valence-electron chi connectivity index (χ0n) is 8.60. The molecule has 1 N–H and O–H groups in total. The molecule has 2 aromatic rings. The van der Waals surface area contributed by atoms with E-state index in [-0.39, 0.29) is 0 Å². The lowest BCUT2D eigenvalue weighted by atomic mass is 10.3. The molecule has 0 aliphatic heterocycles. The summed E-state index contributed by atoms with van der Waals surface area (Å²) in [4.78, 5) is 9.71. The predicted molar refractivity (Wildman–Crippen MR) is 61.6 cm³/mol. The number of hydrogen-bond acceptors (Lipinski definition) is 4. The highest BCUT2D eigenvalue weighted by Crippen LogP contribution is 2.10. The van der Waals surface area contributed by atoms with E-state index in [9.17, 15) is 0 Å². The normalized spacial score (nSPS) is 10.5. The summed E-state index contributed by atoms with van der Waals surface area (Å²) in [5.41, 5.74) is 1.07. The van der Waals surface area contributed by atoms with E-state index in [1.165, 1.54) is 4.88 Å². The van der Waals surface area contributed by atoms with Gasteiger partial charge in [-0.2, -0.15) is 0 Å². The third-order valence-corrected chi connectivity index (χ3v) is 2.91. The molecule has 78 valence electrons. The highest BCUT2D eigenvalue weighted by atomic mass is 32.1. The van der Waals surface area contributed by atoms with Crippen molar-refractivity contribution < 1.29 is 0 Å². The maximum atomic E-state index is 4.24. The second kappa shape index (κ2) is 5.00. The maximum absolute atomic E-state index is 4.24. The van der Waals surface area contributed by atoms with Crippen molar-refractivity contribution in [3.05, 3.63) is 46.2 Å². The van der Waals surface area contributed by atoms with Crippen molar-refractivity contribution in [1.29, 1.82) is 0 Å². The summed E-state index contributed by atoms with van der Waals surface area (Å²) in [6.45, 7) is 3.69. The first-order valence-electron chi connectivity index (χ1n) is 4.86. The van der Waals surface area contributed by atoms with Gasteiger partial charge in [0.1, 0.15) is 0 Å². The Balaban J connectivity index is 1.80. The van der Waals surface area contributed by atoms with Gasteiger partial charge in [-0.05, 0) is 19.1 Å². The van der Waals surface area contributed by atoms with Crippen molar-refractivity contribution in [2.24, 2.45) is 0 Å². The number of thiazole rings is 1. The lowest BCUT2D eigenvalue weighted by molar-refractivity contribution is 0.686. The molecule has 0 aliphatic rings. The number of pyridine rings is 1. The molecule has 0 atom stereocenters. The standard InChI is InChI=1S/C11H13N3S/c1-9-14-8-11(15-9)7-12-6-10-4-2-3-5-13-10/h2-5,8,12H,6-7H2,1H3. The highest BCUT2D eigenvalue weighted by molar-refractivity contribution is 7.11. The summed E-state index contributed by atoms with van der Waals surface area (Å²) in [7, 11) is 0. The van der Waals surface area contributed by atoms with E-state index in [1.807, 2.05) is 37.5 Å². The molecular formula is C11H13N3S. The molecule has 0 bridgehead atoms. The Hall–Kier alpha value is -1.26. The van der Waals surface area contributed by atoms with Crippen molar-refractivity contribution >= 4 is 11.3 Å². The molecule has 0 saturated heterocycles. The van der Waals surface area contributed by atoms with Crippen molar-refractivity contribution in [2.75, 3.05) is 0 Å². The minimum atomic E-state index is 0.803. The van der Waals surface area contributed by atoms with E-state index in [4.69, 9.17) is 0 Å². The van der Waals surface area contributed by atoms with Gasteiger partial charge in [-0.15, -0.1) is 11.3 Å². The van der Waals surface area contributed by atoms with E-state index in [2.05, 4.69) is 15.3 Å². The Morgan fingerprint density at radius 1 is 1.27 bits per heavy atom. The summed E-state index contributed by atoms with van der Waals surface area (Å²) in [6.07, 6.45) is 3.74. The third kappa shape index (κ3) is 3.11. The average Bonchev–Trinajstić information content (AvgIpc) is 2.66. The lowest BCUT2D eigenvalue weighted by Gasteiger charge is -2.01. The van der Waals surface area contributed by atoms with Crippen LogP contribution in [0.2, 0.25) is 0 Å². The Morgan fingerprint density at radius 2 is 2.20 bits per heavy atom. The van der Waals surface area contributed by atoms with Crippen molar-refractivity contribution in [2.45, 2.75) is 20.0 Å². The minimum absolute atomic E-state index is 0.803. The van der Waals surface area contributed by atoms with Crippen LogP contribution in [0, 0.1) is 6.92 Å². The van der Waals surface area contributed by atoms with E-state index in [1.54, 1.807) is 11.3 Å². The first kappa shape index (κ1) is 10.3. The fourth-order valence-electron chi connectivity index (χ4n) is 1.30. The molecule has 0 radical (unpaired) electrons. The molecule has 4 heteroatoms. The second-order valence-electron chi connectivity index (χ2n) is 3.27. The molecule has 3 nitrogen and oxygen atoms in total. The fourth-order valence-corrected chi connectivity index (χ4v) is 2.07. The van der Waals surface area contributed by atoms with Gasteiger partial charge in [0, 0.05) is 30.4 Å². The zero-order chi connectivity index (χ0) is 10.5. The molecular weight excluding hydrogens is 206 g/mol. The van der Waals surface area contributed by atoms with Crippen molar-refractivity contribution in [3.63, 3.8) is 0 Å². The topological polar surface area (TPSA) is 37.8 Å². The quantitative estimate of drug-likeness (QED) is 0.856. The monoisotopic (exact) mass is 219 g/mol. The summed E-state index contributed by atoms with van der Waals surface area (Å²) in [5, 5.41) is 4.45. The van der Waals surface area contributed by atoms with E-state index >= 15 is 0 Å². The molecule has 0 saturated carbocycles. The van der Waals surface area contributed by atoms with Crippen LogP contribution in [-0.4, -0.2) is 9.97 Å². The predicted octanol–water partition coefficient (Wildman–Crippen LogP) is 2.14. The van der Waals surface area contributed by atoms with Crippen LogP contribution in [0.15, 0.2) is 30.6 Å². The van der Waals surface area contributed by atoms with Gasteiger partial charge in [-0.25, -0.2) is 4.98 Å². The number of aromatic nitrogens is 2. The van der Waals surface area contributed by atoms with Gasteiger partial charge < -0.3 is 5.32 Å². The fraction of sp³-hybridized carbons (Fsp3) is 0.273. The van der Waals surface area contributed by atoms with Gasteiger partial charge in [-0.1, -0.05) is 6.07 Å². The van der Waals surface area contributed by atoms with Gasteiger partial charge in [0.2, 0.25) is 0 Å². The smallest absolute Gasteiger partial charge is 0.0897 e. The molecule has 0 unspecified atom stereocenters.